The van der Waals surface area contributed by atoms with Crippen LogP contribution in [0, 0.1) is 0 Å². The average molecular weight is 225 g/mol. The number of nitrogens with zero attached hydrogens (tertiary/aromatic N) is 4. The molecule has 4 N–H and O–H groups in total. The summed E-state index contributed by atoms with van der Waals surface area (Å²) in [6.07, 6.45) is 1.65. The molecule has 1 atom stereocenters. The highest BCUT2D eigenvalue weighted by molar-refractivity contribution is 5.79. The first-order valence-electron chi connectivity index (χ1n) is 5.19. The standard InChI is InChI=1S/C9H19N7/c1-6(2)12-9(14-10)13-7(3)8-15-11-5-16(8)4/h5-7H,10H2,1-4H3,(H2,12,13,14). The normalized spacial score (nSPS) is 14.0. The zero-order valence-electron chi connectivity index (χ0n) is 10.1. The van der Waals surface area contributed by atoms with E-state index in [-0.39, 0.29) is 12.1 Å². The summed E-state index contributed by atoms with van der Waals surface area (Å²) in [6.45, 7) is 5.96. The van der Waals surface area contributed by atoms with Crippen molar-refractivity contribution in [3.63, 3.8) is 0 Å². The number of aliphatic imine (C=N–C) groups is 1. The second-order valence-corrected chi connectivity index (χ2v) is 3.90. The number of aromatic nitrogens is 3. The summed E-state index contributed by atoms with van der Waals surface area (Å²) >= 11 is 0. The maximum atomic E-state index is 5.37. The molecule has 1 unspecified atom stereocenters. The zero-order chi connectivity index (χ0) is 12.1. The molecule has 7 heteroatoms. The Balaban J connectivity index is 2.77. The molecular formula is C9H19N7. The Morgan fingerprint density at radius 1 is 1.50 bits per heavy atom. The van der Waals surface area contributed by atoms with Gasteiger partial charge >= 0.3 is 0 Å². The number of hydrogen-bond donors (Lipinski definition) is 3. The van der Waals surface area contributed by atoms with Gasteiger partial charge in [-0.2, -0.15) is 0 Å². The van der Waals surface area contributed by atoms with Crippen LogP contribution < -0.4 is 16.6 Å². The van der Waals surface area contributed by atoms with E-state index in [1.165, 1.54) is 0 Å². The number of hydrogen-bond acceptors (Lipinski definition) is 4. The predicted molar refractivity (Wildman–Crippen MR) is 62.4 cm³/mol. The Morgan fingerprint density at radius 2 is 2.19 bits per heavy atom. The van der Waals surface area contributed by atoms with Crippen LogP contribution in [0.15, 0.2) is 11.3 Å². The minimum absolute atomic E-state index is 0.107. The highest BCUT2D eigenvalue weighted by Gasteiger charge is 2.11. The molecule has 0 aromatic carbocycles. The molecule has 1 rings (SSSR count). The van der Waals surface area contributed by atoms with Gasteiger partial charge in [0.1, 0.15) is 12.4 Å². The number of nitrogens with two attached hydrogens (primary N) is 1. The summed E-state index contributed by atoms with van der Waals surface area (Å²) in [4.78, 5) is 4.38. The molecule has 1 heterocycles. The molecule has 0 fully saturated rings. The third-order valence-corrected chi connectivity index (χ3v) is 2.00. The minimum atomic E-state index is -0.107. The van der Waals surface area contributed by atoms with E-state index in [4.69, 9.17) is 5.84 Å². The number of rotatable bonds is 3. The van der Waals surface area contributed by atoms with Crippen LogP contribution in [0.4, 0.5) is 0 Å². The van der Waals surface area contributed by atoms with Gasteiger partial charge in [0, 0.05) is 13.1 Å². The highest BCUT2D eigenvalue weighted by Crippen LogP contribution is 2.11. The molecule has 0 spiro atoms. The molecule has 90 valence electrons. The minimum Gasteiger partial charge on any atom is -0.353 e. The van der Waals surface area contributed by atoms with E-state index in [9.17, 15) is 0 Å². The van der Waals surface area contributed by atoms with E-state index < -0.39 is 0 Å². The zero-order valence-corrected chi connectivity index (χ0v) is 10.1. The van der Waals surface area contributed by atoms with E-state index in [1.54, 1.807) is 6.33 Å². The third-order valence-electron chi connectivity index (χ3n) is 2.00. The smallest absolute Gasteiger partial charge is 0.206 e. The molecule has 16 heavy (non-hydrogen) atoms. The van der Waals surface area contributed by atoms with Gasteiger partial charge in [0.2, 0.25) is 5.96 Å². The Hall–Kier alpha value is -1.63. The molecular weight excluding hydrogens is 206 g/mol. The second-order valence-electron chi connectivity index (χ2n) is 3.90. The fraction of sp³-hybridized carbons (Fsp3) is 0.667. The van der Waals surface area contributed by atoms with Gasteiger partial charge in [0.25, 0.3) is 0 Å². The molecule has 0 aliphatic heterocycles. The van der Waals surface area contributed by atoms with Crippen molar-refractivity contribution in [1.29, 1.82) is 0 Å². The van der Waals surface area contributed by atoms with E-state index >= 15 is 0 Å². The molecule has 0 saturated carbocycles. The van der Waals surface area contributed by atoms with Crippen molar-refractivity contribution in [2.75, 3.05) is 0 Å². The van der Waals surface area contributed by atoms with Crippen molar-refractivity contribution in [3.8, 4) is 0 Å². The lowest BCUT2D eigenvalue weighted by Gasteiger charge is -2.14. The van der Waals surface area contributed by atoms with Gasteiger partial charge in [0.05, 0.1) is 0 Å². The Morgan fingerprint density at radius 3 is 2.62 bits per heavy atom. The summed E-state index contributed by atoms with van der Waals surface area (Å²) in [5, 5.41) is 10.9. The molecule has 0 aliphatic carbocycles. The van der Waals surface area contributed by atoms with Crippen molar-refractivity contribution >= 4 is 5.96 Å². The van der Waals surface area contributed by atoms with Crippen LogP contribution in [0.3, 0.4) is 0 Å². The molecule has 0 radical (unpaired) electrons. The van der Waals surface area contributed by atoms with Crippen LogP contribution in [-0.4, -0.2) is 26.8 Å². The first-order chi connectivity index (χ1) is 7.54. The quantitative estimate of drug-likeness (QED) is 0.284. The van der Waals surface area contributed by atoms with Crippen LogP contribution in [-0.2, 0) is 7.05 Å². The fourth-order valence-corrected chi connectivity index (χ4v) is 1.31. The molecule has 0 bridgehead atoms. The molecule has 1 aromatic rings. The maximum Gasteiger partial charge on any atom is 0.206 e. The van der Waals surface area contributed by atoms with Gasteiger partial charge in [-0.15, -0.1) is 10.2 Å². The SMILES string of the molecule is CC(C)NC(=NC(C)c1nncn1C)NN. The topological polar surface area (TPSA) is 93.1 Å². The first kappa shape index (κ1) is 12.4. The molecule has 0 aliphatic rings. The predicted octanol–water partition coefficient (Wildman–Crippen LogP) is -0.307. The summed E-state index contributed by atoms with van der Waals surface area (Å²) in [5.41, 5.74) is 2.53. The maximum absolute atomic E-state index is 5.37. The van der Waals surface area contributed by atoms with Crippen LogP contribution in [0.5, 0.6) is 0 Å². The summed E-state index contributed by atoms with van der Waals surface area (Å²) in [5.74, 6) is 6.71. The molecule has 0 amide bonds. The van der Waals surface area contributed by atoms with Crippen LogP contribution >= 0.6 is 0 Å². The van der Waals surface area contributed by atoms with Gasteiger partial charge in [-0.05, 0) is 20.8 Å². The molecule has 7 nitrogen and oxygen atoms in total. The van der Waals surface area contributed by atoms with E-state index in [2.05, 4.69) is 25.9 Å². The van der Waals surface area contributed by atoms with Crippen LogP contribution in [0.2, 0.25) is 0 Å². The van der Waals surface area contributed by atoms with Crippen molar-refractivity contribution in [1.82, 2.24) is 25.5 Å². The lowest BCUT2D eigenvalue weighted by atomic mass is 10.3. The van der Waals surface area contributed by atoms with Crippen LogP contribution in [0.25, 0.3) is 0 Å². The average Bonchev–Trinajstić information content (AvgIpc) is 2.62. The molecule has 0 saturated heterocycles. The number of guanidine groups is 1. The van der Waals surface area contributed by atoms with Gasteiger partial charge in [-0.3, -0.25) is 5.43 Å². The molecule has 1 aromatic heterocycles. The summed E-state index contributed by atoms with van der Waals surface area (Å²) in [7, 11) is 1.88. The fourth-order valence-electron chi connectivity index (χ4n) is 1.31. The monoisotopic (exact) mass is 225 g/mol. The van der Waals surface area contributed by atoms with Crippen molar-refractivity contribution in [2.45, 2.75) is 32.9 Å². The summed E-state index contributed by atoms with van der Waals surface area (Å²) in [6, 6.07) is 0.159. The van der Waals surface area contributed by atoms with Gasteiger partial charge < -0.3 is 9.88 Å². The van der Waals surface area contributed by atoms with E-state index in [1.807, 2.05) is 32.4 Å². The lowest BCUT2D eigenvalue weighted by molar-refractivity contribution is 0.654. The highest BCUT2D eigenvalue weighted by atomic mass is 15.3. The van der Waals surface area contributed by atoms with Crippen molar-refractivity contribution in [2.24, 2.45) is 17.9 Å². The Kier molecular flexibility index (Phi) is 4.24. The number of nitrogens with one attached hydrogen (secondary N) is 2. The summed E-state index contributed by atoms with van der Waals surface area (Å²) < 4.78 is 1.83. The van der Waals surface area contributed by atoms with Gasteiger partial charge in [-0.1, -0.05) is 0 Å². The van der Waals surface area contributed by atoms with E-state index in [0.717, 1.165) is 5.82 Å². The van der Waals surface area contributed by atoms with Gasteiger partial charge in [0.15, 0.2) is 5.82 Å². The van der Waals surface area contributed by atoms with Gasteiger partial charge in [-0.25, -0.2) is 10.8 Å². The first-order valence-corrected chi connectivity index (χ1v) is 5.19. The lowest BCUT2D eigenvalue weighted by Crippen LogP contribution is -2.44. The van der Waals surface area contributed by atoms with E-state index in [0.29, 0.717) is 5.96 Å². The van der Waals surface area contributed by atoms with Crippen LogP contribution in [0.1, 0.15) is 32.6 Å². The Labute approximate surface area is 95.1 Å². The van der Waals surface area contributed by atoms with Crippen molar-refractivity contribution < 1.29 is 0 Å². The van der Waals surface area contributed by atoms with Crippen molar-refractivity contribution in [3.05, 3.63) is 12.2 Å². The largest absolute Gasteiger partial charge is 0.353 e. The number of hydrazine groups is 1. The second kappa shape index (κ2) is 5.45. The third kappa shape index (κ3) is 3.20. The number of aryl methyl sites for hydroxylation is 1. The Bertz CT molecular complexity index is 354.